The van der Waals surface area contributed by atoms with Gasteiger partial charge in [-0.15, -0.1) is 0 Å². The van der Waals surface area contributed by atoms with E-state index in [1.54, 1.807) is 0 Å². The van der Waals surface area contributed by atoms with E-state index >= 15 is 0 Å². The highest BCUT2D eigenvalue weighted by Crippen LogP contribution is 2.29. The third kappa shape index (κ3) is 5.84. The fourth-order valence-electron chi connectivity index (χ4n) is 4.98. The number of anilines is 2. The molecule has 0 aliphatic heterocycles. The maximum absolute atomic E-state index is 3.58. The van der Waals surface area contributed by atoms with Gasteiger partial charge >= 0.3 is 0 Å². The Morgan fingerprint density at radius 1 is 0.514 bits per heavy atom. The minimum absolute atomic E-state index is 0.994. The average molecular weight is 459 g/mol. The van der Waals surface area contributed by atoms with Crippen LogP contribution >= 0.6 is 0 Å². The van der Waals surface area contributed by atoms with Gasteiger partial charge in [0.15, 0.2) is 0 Å². The quantitative estimate of drug-likeness (QED) is 0.121. The molecule has 0 saturated carbocycles. The smallest absolute Gasteiger partial charge is 0.0571 e. The average Bonchev–Trinajstić information content (AvgIpc) is 2.93. The first kappa shape index (κ1) is 23.0. The molecule has 5 aromatic carbocycles. The van der Waals surface area contributed by atoms with Crippen molar-refractivity contribution in [3.05, 3.63) is 121 Å². The molecule has 2 heteroatoms. The van der Waals surface area contributed by atoms with Gasteiger partial charge in [-0.3, -0.25) is 10.4 Å². The first-order valence-corrected chi connectivity index (χ1v) is 12.9. The van der Waals surface area contributed by atoms with E-state index in [1.165, 1.54) is 64.9 Å². The first-order chi connectivity index (χ1) is 17.4. The fraction of sp³-hybridized carbons (Fsp3) is 0.212. The van der Waals surface area contributed by atoms with Crippen molar-refractivity contribution in [2.75, 3.05) is 17.0 Å². The Kier molecular flexibility index (Phi) is 7.60. The molecule has 0 saturated heterocycles. The van der Waals surface area contributed by atoms with Gasteiger partial charge < -0.3 is 0 Å². The van der Waals surface area contributed by atoms with Gasteiger partial charge in [0.25, 0.3) is 0 Å². The van der Waals surface area contributed by atoms with Crippen molar-refractivity contribution in [1.82, 2.24) is 0 Å². The molecule has 0 bridgehead atoms. The number of unbranched alkanes of at least 4 members (excludes halogenated alkanes) is 4. The van der Waals surface area contributed by atoms with E-state index in [4.69, 9.17) is 0 Å². The normalized spacial score (nSPS) is 11.1. The van der Waals surface area contributed by atoms with Crippen LogP contribution in [0.5, 0.6) is 0 Å². The van der Waals surface area contributed by atoms with Crippen LogP contribution in [-0.2, 0) is 6.42 Å². The number of hydrogen-bond donors (Lipinski definition) is 1. The highest BCUT2D eigenvalue weighted by Gasteiger charge is 2.08. The van der Waals surface area contributed by atoms with E-state index in [1.807, 2.05) is 0 Å². The Morgan fingerprint density at radius 3 is 1.91 bits per heavy atom. The highest BCUT2D eigenvalue weighted by molar-refractivity contribution is 6.08. The summed E-state index contributed by atoms with van der Waals surface area (Å²) in [5.74, 6) is 0. The van der Waals surface area contributed by atoms with Crippen molar-refractivity contribution >= 4 is 32.9 Å². The molecule has 0 aliphatic carbocycles. The van der Waals surface area contributed by atoms with Gasteiger partial charge in [0, 0.05) is 6.54 Å². The molecule has 0 spiro atoms. The standard InChI is InChI=1S/C33H34N2/c1(3-15-25-35(30-20-9-5-10-21-30)34-29-18-7-4-8-19-29)2-6-16-27-26-28-17-11-12-22-31(28)33-24-14-13-23-32(27)33/h4-5,7-14,17-24,26,34H,1-3,6,15-16,25H2. The van der Waals surface area contributed by atoms with Crippen molar-refractivity contribution in [2.24, 2.45) is 0 Å². The maximum Gasteiger partial charge on any atom is 0.0571 e. The van der Waals surface area contributed by atoms with Crippen LogP contribution in [0.15, 0.2) is 115 Å². The van der Waals surface area contributed by atoms with Crippen LogP contribution in [0.25, 0.3) is 21.5 Å². The zero-order chi connectivity index (χ0) is 23.7. The van der Waals surface area contributed by atoms with Gasteiger partial charge in [-0.05, 0) is 70.6 Å². The summed E-state index contributed by atoms with van der Waals surface area (Å²) >= 11 is 0. The number of fused-ring (bicyclic) bond motifs is 3. The minimum Gasteiger partial charge on any atom is -0.298 e. The second kappa shape index (κ2) is 11.6. The van der Waals surface area contributed by atoms with Gasteiger partial charge in [-0.25, -0.2) is 0 Å². The molecule has 5 aromatic rings. The number of nitrogens with one attached hydrogen (secondary N) is 1. The number of hydrogen-bond acceptors (Lipinski definition) is 2. The third-order valence-corrected chi connectivity index (χ3v) is 6.79. The van der Waals surface area contributed by atoms with E-state index in [0.717, 1.165) is 18.7 Å². The van der Waals surface area contributed by atoms with Crippen molar-refractivity contribution in [3.8, 4) is 0 Å². The predicted octanol–water partition coefficient (Wildman–Crippen LogP) is 9.02. The molecule has 0 aromatic heterocycles. The lowest BCUT2D eigenvalue weighted by atomic mass is 9.94. The molecule has 0 amide bonds. The summed E-state index contributed by atoms with van der Waals surface area (Å²) in [6.07, 6.45) is 7.37. The van der Waals surface area contributed by atoms with Gasteiger partial charge in [-0.2, -0.15) is 0 Å². The Morgan fingerprint density at radius 2 is 1.11 bits per heavy atom. The molecule has 0 unspecified atom stereocenters. The third-order valence-electron chi connectivity index (χ3n) is 6.79. The first-order valence-electron chi connectivity index (χ1n) is 12.9. The summed E-state index contributed by atoms with van der Waals surface area (Å²) in [4.78, 5) is 0. The van der Waals surface area contributed by atoms with Gasteiger partial charge in [0.1, 0.15) is 0 Å². The van der Waals surface area contributed by atoms with Crippen LogP contribution in [0, 0.1) is 0 Å². The zero-order valence-corrected chi connectivity index (χ0v) is 20.4. The molecule has 1 N–H and O–H groups in total. The molecule has 35 heavy (non-hydrogen) atoms. The summed E-state index contributed by atoms with van der Waals surface area (Å²) in [5.41, 5.74) is 7.40. The zero-order valence-electron chi connectivity index (χ0n) is 20.4. The molecular weight excluding hydrogens is 424 g/mol. The van der Waals surface area contributed by atoms with Crippen LogP contribution < -0.4 is 10.4 Å². The fourth-order valence-corrected chi connectivity index (χ4v) is 4.98. The maximum atomic E-state index is 3.58. The summed E-state index contributed by atoms with van der Waals surface area (Å²) in [7, 11) is 0. The van der Waals surface area contributed by atoms with Gasteiger partial charge in [-0.1, -0.05) is 110 Å². The topological polar surface area (TPSA) is 15.3 Å². The lowest BCUT2D eigenvalue weighted by Gasteiger charge is -2.26. The SMILES string of the molecule is c1ccc(NN(CCCCCCCc2cc3ccccc3c3ccccc23)c2ccccc2)cc1. The summed E-state index contributed by atoms with van der Waals surface area (Å²) in [5, 5.41) is 7.78. The second-order valence-electron chi connectivity index (χ2n) is 9.29. The Bertz CT molecular complexity index is 1350. The highest BCUT2D eigenvalue weighted by atomic mass is 15.5. The number of benzene rings is 5. The van der Waals surface area contributed by atoms with E-state index in [0.29, 0.717) is 0 Å². The summed E-state index contributed by atoms with van der Waals surface area (Å²) in [6, 6.07) is 41.1. The number of para-hydroxylation sites is 2. The summed E-state index contributed by atoms with van der Waals surface area (Å²) in [6.45, 7) is 0.994. The molecule has 176 valence electrons. The molecule has 0 atom stereocenters. The molecule has 0 radical (unpaired) electrons. The minimum atomic E-state index is 0.994. The van der Waals surface area contributed by atoms with Gasteiger partial charge in [0.05, 0.1) is 11.4 Å². The van der Waals surface area contributed by atoms with Crippen LogP contribution in [0.3, 0.4) is 0 Å². The molecular formula is C33H34N2. The van der Waals surface area contributed by atoms with Crippen molar-refractivity contribution in [2.45, 2.75) is 38.5 Å². The van der Waals surface area contributed by atoms with Crippen LogP contribution in [-0.4, -0.2) is 6.54 Å². The molecule has 0 fully saturated rings. The van der Waals surface area contributed by atoms with E-state index in [-0.39, 0.29) is 0 Å². The molecule has 0 aliphatic rings. The number of rotatable bonds is 11. The van der Waals surface area contributed by atoms with E-state index < -0.39 is 0 Å². The Hall–Kier alpha value is -3.78. The molecule has 2 nitrogen and oxygen atoms in total. The largest absolute Gasteiger partial charge is 0.298 e. The van der Waals surface area contributed by atoms with Gasteiger partial charge in [0.2, 0.25) is 0 Å². The number of hydrazine groups is 1. The lowest BCUT2D eigenvalue weighted by Crippen LogP contribution is -2.30. The second-order valence-corrected chi connectivity index (χ2v) is 9.29. The summed E-state index contributed by atoms with van der Waals surface area (Å²) < 4.78 is 0. The molecule has 5 rings (SSSR count). The monoisotopic (exact) mass is 458 g/mol. The molecule has 0 heterocycles. The van der Waals surface area contributed by atoms with E-state index in [9.17, 15) is 0 Å². The van der Waals surface area contributed by atoms with E-state index in [2.05, 4.69) is 126 Å². The van der Waals surface area contributed by atoms with Crippen LogP contribution in [0.4, 0.5) is 11.4 Å². The predicted molar refractivity (Wildman–Crippen MR) is 152 cm³/mol. The Labute approximate surface area is 209 Å². The Balaban J connectivity index is 1.13. The van der Waals surface area contributed by atoms with Crippen LogP contribution in [0.2, 0.25) is 0 Å². The lowest BCUT2D eigenvalue weighted by molar-refractivity contribution is 0.612. The van der Waals surface area contributed by atoms with Crippen molar-refractivity contribution in [3.63, 3.8) is 0 Å². The number of nitrogens with zero attached hydrogens (tertiary/aromatic N) is 1. The van der Waals surface area contributed by atoms with Crippen molar-refractivity contribution < 1.29 is 0 Å². The van der Waals surface area contributed by atoms with Crippen molar-refractivity contribution in [1.29, 1.82) is 0 Å². The van der Waals surface area contributed by atoms with Crippen LogP contribution in [0.1, 0.15) is 37.7 Å². The number of aryl methyl sites for hydroxylation is 1.